The van der Waals surface area contributed by atoms with E-state index in [-0.39, 0.29) is 5.50 Å². The van der Waals surface area contributed by atoms with Gasteiger partial charge in [-0.2, -0.15) is 0 Å². The van der Waals surface area contributed by atoms with Crippen LogP contribution in [-0.4, -0.2) is 35.7 Å². The van der Waals surface area contributed by atoms with E-state index < -0.39 is 0 Å². The van der Waals surface area contributed by atoms with Crippen molar-refractivity contribution in [2.45, 2.75) is 18.6 Å². The zero-order valence-corrected chi connectivity index (χ0v) is 6.77. The summed E-state index contributed by atoms with van der Waals surface area (Å²) >= 11 is 5.05. The van der Waals surface area contributed by atoms with Gasteiger partial charge in [0, 0.05) is 7.05 Å². The number of rotatable bonds is 0. The van der Waals surface area contributed by atoms with Crippen molar-refractivity contribution in [1.29, 1.82) is 0 Å². The molecule has 2 atom stereocenters. The Morgan fingerprint density at radius 1 is 1.44 bits per heavy atom. The average Bonchev–Trinajstić information content (AvgIpc) is 1.98. The van der Waals surface area contributed by atoms with Crippen LogP contribution in [-0.2, 0) is 12.6 Å². The highest BCUT2D eigenvalue weighted by Gasteiger charge is 2.22. The molecule has 0 amide bonds. The molecule has 0 aromatic carbocycles. The summed E-state index contributed by atoms with van der Waals surface area (Å²) in [6, 6.07) is 0. The number of hydrogen-bond acceptors (Lipinski definition) is 4. The van der Waals surface area contributed by atoms with Gasteiger partial charge < -0.3 is 12.6 Å². The molecule has 0 spiro atoms. The molecule has 9 heavy (non-hydrogen) atoms. The van der Waals surface area contributed by atoms with Gasteiger partial charge in [-0.05, 0) is 19.5 Å². The van der Waals surface area contributed by atoms with Gasteiger partial charge in [0.05, 0.1) is 6.17 Å². The fourth-order valence-electron chi connectivity index (χ4n) is 0.842. The van der Waals surface area contributed by atoms with Crippen molar-refractivity contribution in [2.75, 3.05) is 14.1 Å². The summed E-state index contributed by atoms with van der Waals surface area (Å²) in [4.78, 5) is 2.09. The molecule has 1 N–H and O–H groups in total. The first kappa shape index (κ1) is 7.34. The van der Waals surface area contributed by atoms with E-state index >= 15 is 0 Å². The smallest absolute Gasteiger partial charge is 0.0719 e. The summed E-state index contributed by atoms with van der Waals surface area (Å²) in [7, 11) is 4.01. The van der Waals surface area contributed by atoms with E-state index in [1.807, 2.05) is 19.1 Å². The topological polar surface area (TPSA) is 18.5 Å². The van der Waals surface area contributed by atoms with E-state index in [1.54, 1.807) is 0 Å². The molecule has 0 saturated carbocycles. The van der Waals surface area contributed by atoms with Gasteiger partial charge in [-0.25, -0.2) is 5.01 Å². The SMILES string of the molecule is CC1N(C)NC([S-])N1C. The second-order valence-corrected chi connectivity index (χ2v) is 2.84. The fourth-order valence-corrected chi connectivity index (χ4v) is 1.18. The minimum Gasteiger partial charge on any atom is -0.757 e. The summed E-state index contributed by atoms with van der Waals surface area (Å²) in [6.07, 6.45) is 0.410. The lowest BCUT2D eigenvalue weighted by molar-refractivity contribution is 0.183. The van der Waals surface area contributed by atoms with Crippen LogP contribution in [0, 0.1) is 0 Å². The standard InChI is InChI=1S/C5H13N3S/c1-4-7(2)5(9)6-8(4)3/h4-6,9H,1-3H3/p-1. The van der Waals surface area contributed by atoms with Crippen molar-refractivity contribution in [3.05, 3.63) is 0 Å². The van der Waals surface area contributed by atoms with Gasteiger partial charge in [0.15, 0.2) is 0 Å². The summed E-state index contributed by atoms with van der Waals surface area (Å²) in [5.74, 6) is 0. The summed E-state index contributed by atoms with van der Waals surface area (Å²) in [5.41, 5.74) is 3.15. The Balaban J connectivity index is 2.54. The first-order chi connectivity index (χ1) is 4.13. The molecule has 0 aliphatic carbocycles. The zero-order chi connectivity index (χ0) is 7.02. The van der Waals surface area contributed by atoms with Gasteiger partial charge in [0.2, 0.25) is 0 Å². The maximum absolute atomic E-state index is 5.05. The Morgan fingerprint density at radius 3 is 2.11 bits per heavy atom. The molecule has 4 heteroatoms. The van der Waals surface area contributed by atoms with Gasteiger partial charge in [-0.1, -0.05) is 0 Å². The number of hydrazine groups is 1. The Labute approximate surface area is 61.4 Å². The Hall–Kier alpha value is 0.230. The molecular formula is C5H12N3S-. The lowest BCUT2D eigenvalue weighted by atomic mass is 10.5. The van der Waals surface area contributed by atoms with Crippen molar-refractivity contribution in [3.8, 4) is 0 Å². The van der Waals surface area contributed by atoms with Gasteiger partial charge in [-0.15, -0.1) is 0 Å². The van der Waals surface area contributed by atoms with Crippen LogP contribution in [0.2, 0.25) is 0 Å². The Kier molecular flexibility index (Phi) is 2.00. The molecular weight excluding hydrogens is 134 g/mol. The lowest BCUT2D eigenvalue weighted by Crippen LogP contribution is -2.33. The minimum atomic E-state index is 0.0602. The first-order valence-corrected chi connectivity index (χ1v) is 3.47. The van der Waals surface area contributed by atoms with Crippen LogP contribution >= 0.6 is 0 Å². The highest BCUT2D eigenvalue weighted by Crippen LogP contribution is 2.08. The molecule has 0 bridgehead atoms. The molecule has 0 aromatic rings. The van der Waals surface area contributed by atoms with Crippen LogP contribution in [0.25, 0.3) is 0 Å². The van der Waals surface area contributed by atoms with Crippen molar-refractivity contribution in [1.82, 2.24) is 15.3 Å². The van der Waals surface area contributed by atoms with E-state index in [4.69, 9.17) is 12.6 Å². The quantitative estimate of drug-likeness (QED) is 0.466. The maximum atomic E-state index is 5.05. The van der Waals surface area contributed by atoms with Crippen molar-refractivity contribution in [2.24, 2.45) is 0 Å². The number of nitrogens with zero attached hydrogens (tertiary/aromatic N) is 2. The second-order valence-electron chi connectivity index (χ2n) is 2.39. The Bertz CT molecular complexity index is 96.4. The summed E-state index contributed by atoms with van der Waals surface area (Å²) < 4.78 is 0. The average molecular weight is 146 g/mol. The van der Waals surface area contributed by atoms with Crippen molar-refractivity contribution >= 4 is 12.6 Å². The third kappa shape index (κ3) is 1.21. The van der Waals surface area contributed by atoms with Crippen LogP contribution < -0.4 is 5.43 Å². The molecule has 0 radical (unpaired) electrons. The molecule has 1 aliphatic rings. The molecule has 0 aromatic heterocycles. The molecule has 1 fully saturated rings. The Morgan fingerprint density at radius 2 is 2.00 bits per heavy atom. The third-order valence-electron chi connectivity index (χ3n) is 1.83. The first-order valence-electron chi connectivity index (χ1n) is 2.99. The largest absolute Gasteiger partial charge is 0.757 e. The molecule has 54 valence electrons. The van der Waals surface area contributed by atoms with Crippen LogP contribution in [0.1, 0.15) is 6.92 Å². The number of hydrogen-bond donors (Lipinski definition) is 1. The van der Waals surface area contributed by atoms with E-state index in [2.05, 4.69) is 17.2 Å². The van der Waals surface area contributed by atoms with Gasteiger partial charge in [0.25, 0.3) is 0 Å². The molecule has 1 heterocycles. The molecule has 3 nitrogen and oxygen atoms in total. The van der Waals surface area contributed by atoms with E-state index in [1.165, 1.54) is 0 Å². The molecule has 2 unspecified atom stereocenters. The lowest BCUT2D eigenvalue weighted by Gasteiger charge is -2.25. The van der Waals surface area contributed by atoms with Crippen LogP contribution in [0.5, 0.6) is 0 Å². The highest BCUT2D eigenvalue weighted by atomic mass is 32.1. The van der Waals surface area contributed by atoms with Crippen molar-refractivity contribution in [3.63, 3.8) is 0 Å². The number of nitrogens with one attached hydrogen (secondary N) is 1. The summed E-state index contributed by atoms with van der Waals surface area (Å²) in [5, 5.41) is 2.01. The fraction of sp³-hybridized carbons (Fsp3) is 1.00. The van der Waals surface area contributed by atoms with Crippen LogP contribution in [0.3, 0.4) is 0 Å². The predicted molar refractivity (Wildman–Crippen MR) is 39.3 cm³/mol. The molecule has 1 aliphatic heterocycles. The third-order valence-corrected chi connectivity index (χ3v) is 2.27. The maximum Gasteiger partial charge on any atom is 0.0719 e. The molecule has 1 rings (SSSR count). The highest BCUT2D eigenvalue weighted by molar-refractivity contribution is 7.59. The second kappa shape index (κ2) is 2.46. The predicted octanol–water partition coefficient (Wildman–Crippen LogP) is -0.455. The normalized spacial score (nSPS) is 40.0. The van der Waals surface area contributed by atoms with Gasteiger partial charge in [0.1, 0.15) is 0 Å². The van der Waals surface area contributed by atoms with E-state index in [0.29, 0.717) is 6.17 Å². The van der Waals surface area contributed by atoms with Crippen LogP contribution in [0.4, 0.5) is 0 Å². The summed E-state index contributed by atoms with van der Waals surface area (Å²) in [6.45, 7) is 2.11. The monoisotopic (exact) mass is 146 g/mol. The van der Waals surface area contributed by atoms with E-state index in [0.717, 1.165) is 0 Å². The zero-order valence-electron chi connectivity index (χ0n) is 5.96. The van der Waals surface area contributed by atoms with Crippen molar-refractivity contribution < 1.29 is 0 Å². The molecule has 1 saturated heterocycles. The van der Waals surface area contributed by atoms with Gasteiger partial charge >= 0.3 is 0 Å². The van der Waals surface area contributed by atoms with Crippen LogP contribution in [0.15, 0.2) is 0 Å². The minimum absolute atomic E-state index is 0.0602. The van der Waals surface area contributed by atoms with Gasteiger partial charge in [-0.3, -0.25) is 10.3 Å². The van der Waals surface area contributed by atoms with E-state index in [9.17, 15) is 0 Å².